The molecule has 0 fully saturated rings. The van der Waals surface area contributed by atoms with Crippen LogP contribution < -0.4 is 4.74 Å². The quantitative estimate of drug-likeness (QED) is 0.929. The van der Waals surface area contributed by atoms with Gasteiger partial charge in [-0.3, -0.25) is 4.68 Å². The van der Waals surface area contributed by atoms with Crippen molar-refractivity contribution in [3.05, 3.63) is 47.3 Å². The largest absolute Gasteiger partial charge is 0.493 e. The number of fused-ring (bicyclic) bond motifs is 1. The Bertz CT molecular complexity index is 594. The summed E-state index contributed by atoms with van der Waals surface area (Å²) in [5.41, 5.74) is 2.31. The van der Waals surface area contributed by atoms with Gasteiger partial charge in [0.05, 0.1) is 13.3 Å². The summed E-state index contributed by atoms with van der Waals surface area (Å²) >= 11 is 0. The number of hydrogen-bond donors (Lipinski definition) is 1. The van der Waals surface area contributed by atoms with Crippen LogP contribution in [0, 0.1) is 0 Å². The molecule has 20 heavy (non-hydrogen) atoms. The molecule has 3 rings (SSSR count). The first-order valence-electron chi connectivity index (χ1n) is 7.07. The molecule has 4 heteroatoms. The second-order valence-corrected chi connectivity index (χ2v) is 5.44. The van der Waals surface area contributed by atoms with Crippen molar-refractivity contribution in [2.75, 3.05) is 7.11 Å². The first-order chi connectivity index (χ1) is 9.68. The van der Waals surface area contributed by atoms with Crippen LogP contribution in [-0.4, -0.2) is 22.0 Å². The number of rotatable bonds is 4. The molecule has 1 heterocycles. The molecule has 1 N–H and O–H groups in total. The van der Waals surface area contributed by atoms with Gasteiger partial charge in [-0.1, -0.05) is 31.2 Å². The Morgan fingerprint density at radius 2 is 1.95 bits per heavy atom. The van der Waals surface area contributed by atoms with E-state index in [0.29, 0.717) is 18.6 Å². The second-order valence-electron chi connectivity index (χ2n) is 5.44. The van der Waals surface area contributed by atoms with Gasteiger partial charge in [-0.15, -0.1) is 0 Å². The molecular formula is C16H20N2O2. The number of ether oxygens (including phenoxy) is 1. The topological polar surface area (TPSA) is 47.3 Å². The molecule has 0 radical (unpaired) electrons. The van der Waals surface area contributed by atoms with E-state index in [1.165, 1.54) is 11.1 Å². The van der Waals surface area contributed by atoms with Gasteiger partial charge in [0.25, 0.3) is 0 Å². The molecule has 1 aliphatic carbocycles. The molecule has 0 unspecified atom stereocenters. The average molecular weight is 272 g/mol. The first-order valence-corrected chi connectivity index (χ1v) is 7.07. The SMILES string of the molecule is CCCn1ncc(OC)c1C1(O)Cc2ccccc2C1. The van der Waals surface area contributed by atoms with E-state index in [1.54, 1.807) is 13.3 Å². The van der Waals surface area contributed by atoms with E-state index >= 15 is 0 Å². The molecule has 0 saturated heterocycles. The third kappa shape index (κ3) is 2.00. The molecule has 0 amide bonds. The van der Waals surface area contributed by atoms with Gasteiger partial charge in [0.1, 0.15) is 11.3 Å². The Morgan fingerprint density at radius 1 is 1.30 bits per heavy atom. The summed E-state index contributed by atoms with van der Waals surface area (Å²) in [7, 11) is 1.63. The van der Waals surface area contributed by atoms with Crippen molar-refractivity contribution in [1.82, 2.24) is 9.78 Å². The molecule has 1 aromatic carbocycles. The summed E-state index contributed by atoms with van der Waals surface area (Å²) in [5.74, 6) is 0.675. The third-order valence-corrected chi connectivity index (χ3v) is 3.99. The Morgan fingerprint density at radius 3 is 2.50 bits per heavy atom. The summed E-state index contributed by atoms with van der Waals surface area (Å²) in [6.07, 6.45) is 3.91. The predicted molar refractivity (Wildman–Crippen MR) is 76.8 cm³/mol. The van der Waals surface area contributed by atoms with E-state index in [4.69, 9.17) is 4.74 Å². The fraction of sp³-hybridized carbons (Fsp3) is 0.438. The Kier molecular flexibility index (Phi) is 3.26. The molecule has 1 aliphatic rings. The number of methoxy groups -OCH3 is 1. The van der Waals surface area contributed by atoms with E-state index in [2.05, 4.69) is 24.2 Å². The summed E-state index contributed by atoms with van der Waals surface area (Å²) < 4.78 is 7.29. The van der Waals surface area contributed by atoms with Crippen molar-refractivity contribution in [2.24, 2.45) is 0 Å². The maximum atomic E-state index is 11.2. The smallest absolute Gasteiger partial charge is 0.162 e. The highest BCUT2D eigenvalue weighted by atomic mass is 16.5. The van der Waals surface area contributed by atoms with Crippen LogP contribution in [0.15, 0.2) is 30.5 Å². The van der Waals surface area contributed by atoms with Crippen LogP contribution in [-0.2, 0) is 25.0 Å². The van der Waals surface area contributed by atoms with Crippen molar-refractivity contribution in [1.29, 1.82) is 0 Å². The highest BCUT2D eigenvalue weighted by molar-refractivity contribution is 5.42. The van der Waals surface area contributed by atoms with Gasteiger partial charge < -0.3 is 9.84 Å². The summed E-state index contributed by atoms with van der Waals surface area (Å²) in [6.45, 7) is 2.89. The van der Waals surface area contributed by atoms with Crippen molar-refractivity contribution in [3.8, 4) is 5.75 Å². The van der Waals surface area contributed by atoms with E-state index in [0.717, 1.165) is 18.7 Å². The molecular weight excluding hydrogens is 252 g/mol. The van der Waals surface area contributed by atoms with Gasteiger partial charge in [-0.05, 0) is 17.5 Å². The van der Waals surface area contributed by atoms with Gasteiger partial charge in [0.2, 0.25) is 0 Å². The van der Waals surface area contributed by atoms with E-state index in [9.17, 15) is 5.11 Å². The average Bonchev–Trinajstić information content (AvgIpc) is 2.99. The predicted octanol–water partition coefficient (Wildman–Crippen LogP) is 2.29. The lowest BCUT2D eigenvalue weighted by Crippen LogP contribution is -2.30. The summed E-state index contributed by atoms with van der Waals surface area (Å²) in [5, 5.41) is 15.5. The maximum Gasteiger partial charge on any atom is 0.162 e. The van der Waals surface area contributed by atoms with Crippen molar-refractivity contribution in [3.63, 3.8) is 0 Å². The van der Waals surface area contributed by atoms with Crippen LogP contribution in [0.2, 0.25) is 0 Å². The van der Waals surface area contributed by atoms with Gasteiger partial charge in [-0.2, -0.15) is 5.10 Å². The van der Waals surface area contributed by atoms with Crippen LogP contribution in [0.1, 0.15) is 30.2 Å². The Balaban J connectivity index is 2.03. The zero-order valence-electron chi connectivity index (χ0n) is 12.0. The highest BCUT2D eigenvalue weighted by Crippen LogP contribution is 2.41. The fourth-order valence-corrected chi connectivity index (χ4v) is 3.13. The lowest BCUT2D eigenvalue weighted by molar-refractivity contribution is 0.0360. The standard InChI is InChI=1S/C16H20N2O2/c1-3-8-18-15(14(20-2)11-17-18)16(19)9-12-6-4-5-7-13(12)10-16/h4-7,11,19H,3,8-10H2,1-2H3. The first kappa shape index (κ1) is 13.2. The third-order valence-electron chi connectivity index (χ3n) is 3.99. The number of aryl methyl sites for hydroxylation is 1. The van der Waals surface area contributed by atoms with Crippen molar-refractivity contribution < 1.29 is 9.84 Å². The van der Waals surface area contributed by atoms with Crippen LogP contribution in [0.5, 0.6) is 5.75 Å². The highest BCUT2D eigenvalue weighted by Gasteiger charge is 2.41. The minimum absolute atomic E-state index is 0.620. The number of nitrogens with zero attached hydrogens (tertiary/aromatic N) is 2. The maximum absolute atomic E-state index is 11.2. The van der Waals surface area contributed by atoms with E-state index < -0.39 is 5.60 Å². The van der Waals surface area contributed by atoms with Gasteiger partial charge in [0.15, 0.2) is 5.75 Å². The zero-order valence-corrected chi connectivity index (χ0v) is 12.0. The van der Waals surface area contributed by atoms with Crippen LogP contribution in [0.25, 0.3) is 0 Å². The lowest BCUT2D eigenvalue weighted by Gasteiger charge is -2.24. The molecule has 2 aromatic rings. The van der Waals surface area contributed by atoms with E-state index in [-0.39, 0.29) is 0 Å². The van der Waals surface area contributed by atoms with E-state index in [1.807, 2.05) is 16.8 Å². The molecule has 1 aromatic heterocycles. The van der Waals surface area contributed by atoms with Crippen LogP contribution >= 0.6 is 0 Å². The number of hydrogen-bond acceptors (Lipinski definition) is 3. The minimum Gasteiger partial charge on any atom is -0.493 e. The normalized spacial score (nSPS) is 16.1. The monoisotopic (exact) mass is 272 g/mol. The number of aromatic nitrogens is 2. The van der Waals surface area contributed by atoms with Crippen LogP contribution in [0.3, 0.4) is 0 Å². The van der Waals surface area contributed by atoms with Crippen molar-refractivity contribution >= 4 is 0 Å². The lowest BCUT2D eigenvalue weighted by atomic mass is 9.95. The zero-order chi connectivity index (χ0) is 14.2. The molecule has 0 saturated carbocycles. The Hall–Kier alpha value is -1.81. The molecule has 0 bridgehead atoms. The summed E-state index contributed by atoms with van der Waals surface area (Å²) in [4.78, 5) is 0. The van der Waals surface area contributed by atoms with Gasteiger partial charge >= 0.3 is 0 Å². The van der Waals surface area contributed by atoms with Gasteiger partial charge in [0, 0.05) is 19.4 Å². The fourth-order valence-electron chi connectivity index (χ4n) is 3.13. The number of benzene rings is 1. The minimum atomic E-state index is -0.916. The van der Waals surface area contributed by atoms with Crippen LogP contribution in [0.4, 0.5) is 0 Å². The molecule has 0 aliphatic heterocycles. The second kappa shape index (κ2) is 4.94. The molecule has 0 spiro atoms. The Labute approximate surface area is 119 Å². The molecule has 4 nitrogen and oxygen atoms in total. The number of aliphatic hydroxyl groups is 1. The van der Waals surface area contributed by atoms with Gasteiger partial charge in [-0.25, -0.2) is 0 Å². The van der Waals surface area contributed by atoms with Crippen molar-refractivity contribution in [2.45, 2.75) is 38.3 Å². The summed E-state index contributed by atoms with van der Waals surface area (Å²) in [6, 6.07) is 8.21. The molecule has 106 valence electrons. The molecule has 0 atom stereocenters.